The van der Waals surface area contributed by atoms with E-state index in [1.54, 1.807) is 0 Å². The molecule has 0 aliphatic heterocycles. The maximum atomic E-state index is 3.35. The van der Waals surface area contributed by atoms with Crippen molar-refractivity contribution >= 4 is 53.0 Å². The summed E-state index contributed by atoms with van der Waals surface area (Å²) in [4.78, 5) is 4.42. The molecule has 34 valence electrons. The molecule has 0 saturated carbocycles. The van der Waals surface area contributed by atoms with Crippen molar-refractivity contribution in [1.29, 1.82) is 0 Å². The van der Waals surface area contributed by atoms with Crippen LogP contribution >= 0.6 is 12.9 Å². The van der Waals surface area contributed by atoms with Gasteiger partial charge in [-0.05, 0) is 0 Å². The molecule has 0 saturated heterocycles. The van der Waals surface area contributed by atoms with E-state index in [1.807, 2.05) is 0 Å². The number of hydrogen-bond acceptors (Lipinski definition) is 0. The van der Waals surface area contributed by atoms with Gasteiger partial charge in [-0.3, -0.25) is 0 Å². The minimum absolute atomic E-state index is 0.0356. The molecular formula is C2H8P2Sn2. The standard InChI is InChI=1S/2CH3.2HP.2Sn/h2*1H3;2*1H;;. The molecule has 0 aliphatic carbocycles. The van der Waals surface area contributed by atoms with Crippen LogP contribution in [0.4, 0.5) is 0 Å². The first-order valence-corrected chi connectivity index (χ1v) is 16.8. The molecule has 0 amide bonds. The van der Waals surface area contributed by atoms with Crippen LogP contribution < -0.4 is 0 Å². The first kappa shape index (κ1) is 11.1. The summed E-state index contributed by atoms with van der Waals surface area (Å²) in [6.07, 6.45) is 6.71. The van der Waals surface area contributed by atoms with Crippen molar-refractivity contribution in [2.75, 3.05) is 0 Å². The quantitative estimate of drug-likeness (QED) is 0.467. The summed E-state index contributed by atoms with van der Waals surface area (Å²) in [5.41, 5.74) is 0. The molecule has 0 N–H and O–H groups in total. The van der Waals surface area contributed by atoms with E-state index in [-0.39, 0.29) is 40.2 Å². The zero-order chi connectivity index (χ0) is 5.41. The topological polar surface area (TPSA) is 0 Å². The van der Waals surface area contributed by atoms with Gasteiger partial charge in [0.25, 0.3) is 0 Å². The predicted molar refractivity (Wildman–Crippen MR) is 39.9 cm³/mol. The molecule has 0 atom stereocenters. The van der Waals surface area contributed by atoms with Crippen molar-refractivity contribution in [3.63, 3.8) is 0 Å². The van der Waals surface area contributed by atoms with Gasteiger partial charge < -0.3 is 0 Å². The van der Waals surface area contributed by atoms with E-state index < -0.39 is 0 Å². The molecule has 0 rings (SSSR count). The fourth-order valence-electron chi connectivity index (χ4n) is 0. The van der Waals surface area contributed by atoms with E-state index in [4.69, 9.17) is 0 Å². The molecule has 0 spiro atoms. The zero-order valence-electron chi connectivity index (χ0n) is 4.00. The summed E-state index contributed by atoms with van der Waals surface area (Å²) in [6, 6.07) is 0. The molecule has 2 radical (unpaired) electrons. The Kier molecular flexibility index (Phi) is 28.9. The van der Waals surface area contributed by atoms with E-state index in [1.165, 1.54) is 0 Å². The fraction of sp³-hybridized carbons (Fsp3) is 1.00. The molecule has 4 heteroatoms. The van der Waals surface area contributed by atoms with Gasteiger partial charge in [0.05, 0.1) is 0 Å². The van der Waals surface area contributed by atoms with E-state index >= 15 is 0 Å². The summed E-state index contributed by atoms with van der Waals surface area (Å²) >= 11 is 0.0711. The average Bonchev–Trinajstić information content (AvgIpc) is 1.39. The Morgan fingerprint density at radius 1 is 1.00 bits per heavy atom. The van der Waals surface area contributed by atoms with Crippen molar-refractivity contribution < 1.29 is 0 Å². The molecule has 0 fully saturated rings. The molecule has 0 aromatic carbocycles. The molecule has 0 aliphatic rings. The zero-order valence-corrected chi connectivity index (χ0v) is 11.7. The van der Waals surface area contributed by atoms with E-state index in [0.717, 1.165) is 0 Å². The molecule has 0 heterocycles. The third kappa shape index (κ3) is 34.7. The first-order valence-electron chi connectivity index (χ1n) is 1.50. The van der Waals surface area contributed by atoms with Gasteiger partial charge in [0.1, 0.15) is 0 Å². The van der Waals surface area contributed by atoms with Crippen LogP contribution in [0, 0.1) is 0 Å². The molecule has 6 heavy (non-hydrogen) atoms. The Balaban J connectivity index is 0. The van der Waals surface area contributed by atoms with Crippen molar-refractivity contribution in [3.8, 4) is 0 Å². The molecule has 0 aromatic heterocycles. The van der Waals surface area contributed by atoms with Gasteiger partial charge in [0.15, 0.2) is 0 Å². The summed E-state index contributed by atoms with van der Waals surface area (Å²) in [5, 5.41) is 0. The second-order valence-corrected chi connectivity index (χ2v) is 10.1. The SMILES string of the molecule is [CH3][Sn]=[PH].[CH3][Sn]=[PH]. The second-order valence-electron chi connectivity index (χ2n) is 0.500. The van der Waals surface area contributed by atoms with Gasteiger partial charge in [0.2, 0.25) is 0 Å². The third-order valence-electron chi connectivity index (χ3n) is 0. The van der Waals surface area contributed by atoms with Crippen LogP contribution in [-0.2, 0) is 0 Å². The third-order valence-corrected chi connectivity index (χ3v) is 0. The van der Waals surface area contributed by atoms with Crippen LogP contribution in [0.1, 0.15) is 0 Å². The Bertz CT molecular complexity index is 30.5. The van der Waals surface area contributed by atoms with Gasteiger partial charge in [-0.1, -0.05) is 0 Å². The summed E-state index contributed by atoms with van der Waals surface area (Å²) < 4.78 is 0. The van der Waals surface area contributed by atoms with E-state index in [9.17, 15) is 0 Å². The molecule has 0 aromatic rings. The van der Waals surface area contributed by atoms with Crippen LogP contribution in [0.3, 0.4) is 0 Å². The second kappa shape index (κ2) is 15.7. The van der Waals surface area contributed by atoms with Crippen LogP contribution in [0.25, 0.3) is 0 Å². The van der Waals surface area contributed by atoms with Crippen molar-refractivity contribution in [1.82, 2.24) is 0 Å². The van der Waals surface area contributed by atoms with Crippen molar-refractivity contribution in [2.24, 2.45) is 0 Å². The van der Waals surface area contributed by atoms with Crippen molar-refractivity contribution in [2.45, 2.75) is 9.88 Å². The molecule has 0 bridgehead atoms. The van der Waals surface area contributed by atoms with Gasteiger partial charge >= 0.3 is 62.9 Å². The monoisotopic (exact) mass is 334 g/mol. The normalized spacial score (nSPS) is 4.33. The predicted octanol–water partition coefficient (Wildman–Crippen LogP) is 1.59. The summed E-state index contributed by atoms with van der Waals surface area (Å²) in [5.74, 6) is 0. The number of hydrogen-bond donors (Lipinski definition) is 0. The molecule has 0 unspecified atom stereocenters. The average molecular weight is 331 g/mol. The van der Waals surface area contributed by atoms with Crippen LogP contribution in [0.15, 0.2) is 0 Å². The maximum absolute atomic E-state index is 3.35. The molecular weight excluding hydrogens is 323 g/mol. The van der Waals surface area contributed by atoms with Gasteiger partial charge in [-0.15, -0.1) is 0 Å². The number of rotatable bonds is 0. The Hall–Kier alpha value is 2.20. The fourth-order valence-corrected chi connectivity index (χ4v) is 0. The first-order chi connectivity index (χ1) is 2.83. The Labute approximate surface area is 62.2 Å². The van der Waals surface area contributed by atoms with Gasteiger partial charge in [-0.25, -0.2) is 0 Å². The van der Waals surface area contributed by atoms with E-state index in [0.29, 0.717) is 0 Å². The Morgan fingerprint density at radius 2 is 1.00 bits per heavy atom. The van der Waals surface area contributed by atoms with Gasteiger partial charge in [-0.2, -0.15) is 0 Å². The van der Waals surface area contributed by atoms with Crippen LogP contribution in [0.2, 0.25) is 9.88 Å². The van der Waals surface area contributed by atoms with E-state index in [2.05, 4.69) is 22.7 Å². The van der Waals surface area contributed by atoms with Crippen molar-refractivity contribution in [3.05, 3.63) is 0 Å². The molecule has 0 nitrogen and oxygen atoms in total. The van der Waals surface area contributed by atoms with Crippen LogP contribution in [-0.4, -0.2) is 40.2 Å². The van der Waals surface area contributed by atoms with Gasteiger partial charge in [0, 0.05) is 0 Å². The Morgan fingerprint density at radius 3 is 1.00 bits per heavy atom. The summed E-state index contributed by atoms with van der Waals surface area (Å²) in [7, 11) is 0. The summed E-state index contributed by atoms with van der Waals surface area (Å²) in [6.45, 7) is 0. The minimum atomic E-state index is 0.0356. The van der Waals surface area contributed by atoms with Crippen LogP contribution in [0.5, 0.6) is 0 Å².